The van der Waals surface area contributed by atoms with Crippen LogP contribution in [0.3, 0.4) is 0 Å². The number of rotatable bonds is 8. The third-order valence-electron chi connectivity index (χ3n) is 3.94. The van der Waals surface area contributed by atoms with Crippen molar-refractivity contribution in [1.82, 2.24) is 4.98 Å². The van der Waals surface area contributed by atoms with Crippen LogP contribution >= 0.6 is 15.9 Å². The number of benzene rings is 1. The third kappa shape index (κ3) is 5.17. The van der Waals surface area contributed by atoms with Crippen LogP contribution in [-0.2, 0) is 17.8 Å². The normalized spacial score (nSPS) is 10.5. The Labute approximate surface area is 169 Å². The first-order chi connectivity index (χ1) is 13.5. The van der Waals surface area contributed by atoms with Gasteiger partial charge in [-0.2, -0.15) is 0 Å². The minimum absolute atomic E-state index is 0.0877. The molecule has 2 heterocycles. The van der Waals surface area contributed by atoms with Crippen molar-refractivity contribution in [3.05, 3.63) is 80.8 Å². The van der Waals surface area contributed by atoms with Gasteiger partial charge >= 0.3 is 5.69 Å². The summed E-state index contributed by atoms with van der Waals surface area (Å²) in [5.41, 5.74) is 0.966. The number of nitrogens with zero attached hydrogens (tertiary/aromatic N) is 2. The Kier molecular flexibility index (Phi) is 6.38. The molecule has 28 heavy (non-hydrogen) atoms. The molecule has 0 spiro atoms. The number of amides is 1. The number of nitrogens with one attached hydrogen (secondary N) is 2. The van der Waals surface area contributed by atoms with Crippen molar-refractivity contribution in [3.63, 3.8) is 0 Å². The molecule has 2 aromatic heterocycles. The maximum Gasteiger partial charge on any atom is 0.334 e. The molecule has 1 amide bonds. The van der Waals surface area contributed by atoms with Gasteiger partial charge in [-0.05, 0) is 35.9 Å². The molecule has 9 heteroatoms. The van der Waals surface area contributed by atoms with Crippen LogP contribution in [0.5, 0.6) is 0 Å². The van der Waals surface area contributed by atoms with Crippen LogP contribution in [0.15, 0.2) is 63.8 Å². The van der Waals surface area contributed by atoms with E-state index < -0.39 is 4.92 Å². The van der Waals surface area contributed by atoms with Crippen LogP contribution in [0.2, 0.25) is 0 Å². The second-order valence-electron chi connectivity index (χ2n) is 5.92. The van der Waals surface area contributed by atoms with Gasteiger partial charge in [-0.15, -0.1) is 0 Å². The molecule has 0 aliphatic heterocycles. The minimum Gasteiger partial charge on any atom is -0.469 e. The van der Waals surface area contributed by atoms with Crippen molar-refractivity contribution in [2.24, 2.45) is 0 Å². The largest absolute Gasteiger partial charge is 0.469 e. The fourth-order valence-electron chi connectivity index (χ4n) is 2.56. The molecule has 0 aliphatic carbocycles. The summed E-state index contributed by atoms with van der Waals surface area (Å²) in [5.74, 6) is 0.204. The molecule has 0 saturated heterocycles. The molecule has 0 radical (unpaired) electrons. The fraction of sp³-hybridized carbons (Fsp3) is 0.158. The number of furan rings is 1. The first-order valence-electron chi connectivity index (χ1n) is 8.47. The predicted molar refractivity (Wildman–Crippen MR) is 108 cm³/mol. The van der Waals surface area contributed by atoms with E-state index in [0.29, 0.717) is 18.7 Å². The van der Waals surface area contributed by atoms with Gasteiger partial charge in [0.05, 0.1) is 11.2 Å². The van der Waals surface area contributed by atoms with Crippen molar-refractivity contribution in [2.75, 3.05) is 10.6 Å². The third-order valence-corrected chi connectivity index (χ3v) is 4.47. The molecule has 3 rings (SSSR count). The summed E-state index contributed by atoms with van der Waals surface area (Å²) in [6, 6.07) is 12.6. The van der Waals surface area contributed by atoms with E-state index in [1.54, 1.807) is 12.1 Å². The molecule has 144 valence electrons. The maximum absolute atomic E-state index is 12.2. The van der Waals surface area contributed by atoms with E-state index in [-0.39, 0.29) is 29.5 Å². The van der Waals surface area contributed by atoms with Crippen LogP contribution in [0.4, 0.5) is 17.2 Å². The monoisotopic (exact) mass is 444 g/mol. The number of hydrogen-bond acceptors (Lipinski definition) is 6. The highest BCUT2D eigenvalue weighted by Crippen LogP contribution is 2.31. The molecule has 2 N–H and O–H groups in total. The Balaban J connectivity index is 1.70. The van der Waals surface area contributed by atoms with Gasteiger partial charge in [0.2, 0.25) is 11.7 Å². The molecular weight excluding hydrogens is 428 g/mol. The van der Waals surface area contributed by atoms with Gasteiger partial charge in [0, 0.05) is 30.1 Å². The summed E-state index contributed by atoms with van der Waals surface area (Å²) in [7, 11) is 0. The van der Waals surface area contributed by atoms with E-state index in [0.717, 1.165) is 10.0 Å². The van der Waals surface area contributed by atoms with E-state index in [1.165, 1.54) is 18.5 Å². The zero-order valence-electron chi connectivity index (χ0n) is 14.7. The molecule has 1 aromatic carbocycles. The number of carbonyl (C=O) groups excluding carboxylic acids is 1. The van der Waals surface area contributed by atoms with E-state index in [1.807, 2.05) is 24.3 Å². The maximum atomic E-state index is 12.2. The highest BCUT2D eigenvalue weighted by molar-refractivity contribution is 9.10. The zero-order chi connectivity index (χ0) is 19.9. The van der Waals surface area contributed by atoms with Crippen molar-refractivity contribution < 1.29 is 14.1 Å². The molecule has 3 aromatic rings. The summed E-state index contributed by atoms with van der Waals surface area (Å²) in [6.07, 6.45) is 3.47. The lowest BCUT2D eigenvalue weighted by Gasteiger charge is -2.10. The highest BCUT2D eigenvalue weighted by Gasteiger charge is 2.22. The van der Waals surface area contributed by atoms with Crippen molar-refractivity contribution >= 4 is 39.0 Å². The summed E-state index contributed by atoms with van der Waals surface area (Å²) in [6.45, 7) is 0.393. The highest BCUT2D eigenvalue weighted by atomic mass is 79.9. The number of nitro groups is 1. The van der Waals surface area contributed by atoms with Crippen molar-refractivity contribution in [2.45, 2.75) is 19.4 Å². The van der Waals surface area contributed by atoms with E-state index >= 15 is 0 Å². The second kappa shape index (κ2) is 9.14. The van der Waals surface area contributed by atoms with Crippen LogP contribution < -0.4 is 10.6 Å². The summed E-state index contributed by atoms with van der Waals surface area (Å²) < 4.78 is 6.13. The van der Waals surface area contributed by atoms with E-state index in [2.05, 4.69) is 31.5 Å². The molecule has 8 nitrogen and oxygen atoms in total. The van der Waals surface area contributed by atoms with Gasteiger partial charge in [0.25, 0.3) is 0 Å². The number of pyridine rings is 1. The van der Waals surface area contributed by atoms with E-state index in [4.69, 9.17) is 4.42 Å². The lowest BCUT2D eigenvalue weighted by Crippen LogP contribution is -2.15. The Bertz CT molecular complexity index is 959. The summed E-state index contributed by atoms with van der Waals surface area (Å²) in [5, 5.41) is 17.1. The molecule has 0 aliphatic rings. The van der Waals surface area contributed by atoms with Crippen LogP contribution in [-0.4, -0.2) is 15.8 Å². The fourth-order valence-corrected chi connectivity index (χ4v) is 2.82. The molecule has 0 atom stereocenters. The van der Waals surface area contributed by atoms with E-state index in [9.17, 15) is 14.9 Å². The number of aromatic nitrogens is 1. The van der Waals surface area contributed by atoms with Gasteiger partial charge < -0.3 is 15.1 Å². The molecule has 0 bridgehead atoms. The SMILES string of the molecule is O=C(CCc1ccco1)Nc1nccc(NCc2ccc(Br)cc2)c1[N+](=O)[O-]. The standard InChI is InChI=1S/C19H17BrN4O4/c20-14-5-3-13(4-6-14)12-22-16-9-10-21-19(18(16)24(26)27)23-17(25)8-7-15-2-1-11-28-15/h1-6,9-11H,7-8,12H2,(H2,21,22,23,25). The zero-order valence-corrected chi connectivity index (χ0v) is 16.3. The van der Waals surface area contributed by atoms with Gasteiger partial charge in [-0.1, -0.05) is 28.1 Å². The topological polar surface area (TPSA) is 110 Å². The lowest BCUT2D eigenvalue weighted by atomic mass is 10.2. The minimum atomic E-state index is -0.556. The number of hydrogen-bond donors (Lipinski definition) is 2. The lowest BCUT2D eigenvalue weighted by molar-refractivity contribution is -0.383. The second-order valence-corrected chi connectivity index (χ2v) is 6.84. The smallest absolute Gasteiger partial charge is 0.334 e. The summed E-state index contributed by atoms with van der Waals surface area (Å²) >= 11 is 3.37. The molecule has 0 fully saturated rings. The van der Waals surface area contributed by atoms with Gasteiger partial charge in [-0.25, -0.2) is 4.98 Å². The van der Waals surface area contributed by atoms with Crippen LogP contribution in [0.1, 0.15) is 17.7 Å². The van der Waals surface area contributed by atoms with Gasteiger partial charge in [-0.3, -0.25) is 14.9 Å². The number of carbonyl (C=O) groups is 1. The summed E-state index contributed by atoms with van der Waals surface area (Å²) in [4.78, 5) is 27.2. The molecule has 0 saturated carbocycles. The first kappa shape index (κ1) is 19.6. The van der Waals surface area contributed by atoms with Gasteiger partial charge in [0.15, 0.2) is 0 Å². The average Bonchev–Trinajstić information content (AvgIpc) is 3.19. The Morgan fingerprint density at radius 3 is 2.68 bits per heavy atom. The Hall–Kier alpha value is -3.20. The first-order valence-corrected chi connectivity index (χ1v) is 9.26. The number of halogens is 1. The quantitative estimate of drug-likeness (QED) is 0.390. The molecular formula is C19H17BrN4O4. The van der Waals surface area contributed by atoms with Crippen molar-refractivity contribution in [1.29, 1.82) is 0 Å². The Morgan fingerprint density at radius 1 is 1.21 bits per heavy atom. The Morgan fingerprint density at radius 2 is 2.00 bits per heavy atom. The van der Waals surface area contributed by atoms with Crippen LogP contribution in [0.25, 0.3) is 0 Å². The van der Waals surface area contributed by atoms with Crippen molar-refractivity contribution in [3.8, 4) is 0 Å². The number of aryl methyl sites for hydroxylation is 1. The van der Waals surface area contributed by atoms with Gasteiger partial charge in [0.1, 0.15) is 11.4 Å². The number of anilines is 2. The van der Waals surface area contributed by atoms with Crippen LogP contribution in [0, 0.1) is 10.1 Å². The molecule has 0 unspecified atom stereocenters. The average molecular weight is 445 g/mol. The predicted octanol–water partition coefficient (Wildman–Crippen LogP) is 4.53.